The lowest BCUT2D eigenvalue weighted by Gasteiger charge is -2.39. The highest BCUT2D eigenvalue weighted by Crippen LogP contribution is 2.34. The van der Waals surface area contributed by atoms with Gasteiger partial charge in [-0.1, -0.05) is 111 Å². The number of nitrogens with zero attached hydrogens (tertiary/aromatic N) is 1. The minimum atomic E-state index is -1.96. The predicted molar refractivity (Wildman–Crippen MR) is 159 cm³/mol. The SMILES string of the molecule is C[C@@H](c1cccc2ccccc12)N(C(=O)OCc1ccccc1)C(CCCC1CCCCC1)O[Si](C)(C)C. The Balaban J connectivity index is 1.61. The maximum absolute atomic E-state index is 13.9. The lowest BCUT2D eigenvalue weighted by atomic mass is 9.85. The summed E-state index contributed by atoms with van der Waals surface area (Å²) in [6, 6.07) is 24.5. The van der Waals surface area contributed by atoms with E-state index in [1.807, 2.05) is 35.2 Å². The molecule has 0 saturated heterocycles. The van der Waals surface area contributed by atoms with Gasteiger partial charge >= 0.3 is 6.09 Å². The molecule has 0 heterocycles. The van der Waals surface area contributed by atoms with Crippen molar-refractivity contribution in [2.24, 2.45) is 5.92 Å². The highest BCUT2D eigenvalue weighted by Gasteiger charge is 2.35. The molecular formula is C33H45NO3Si. The minimum Gasteiger partial charge on any atom is -0.444 e. The molecule has 0 radical (unpaired) electrons. The molecular weight excluding hydrogens is 486 g/mol. The Morgan fingerprint density at radius 1 is 0.921 bits per heavy atom. The molecule has 1 aliphatic rings. The van der Waals surface area contributed by atoms with Crippen molar-refractivity contribution in [2.75, 3.05) is 0 Å². The van der Waals surface area contributed by atoms with Crippen LogP contribution >= 0.6 is 0 Å². The van der Waals surface area contributed by atoms with Crippen LogP contribution in [0.25, 0.3) is 10.8 Å². The molecule has 5 heteroatoms. The number of carbonyl (C=O) groups excluding carboxylic acids is 1. The van der Waals surface area contributed by atoms with Gasteiger partial charge in [0.05, 0.1) is 6.04 Å². The first-order valence-corrected chi connectivity index (χ1v) is 17.9. The average molecular weight is 532 g/mol. The molecule has 0 aliphatic heterocycles. The Labute approximate surface area is 230 Å². The van der Waals surface area contributed by atoms with Crippen LogP contribution in [0.4, 0.5) is 4.79 Å². The second-order valence-corrected chi connectivity index (χ2v) is 16.3. The quantitative estimate of drug-likeness (QED) is 0.183. The van der Waals surface area contributed by atoms with Gasteiger partial charge in [-0.2, -0.15) is 0 Å². The molecule has 4 rings (SSSR count). The largest absolute Gasteiger partial charge is 0.444 e. The topological polar surface area (TPSA) is 38.8 Å². The van der Waals surface area contributed by atoms with Gasteiger partial charge in [0, 0.05) is 0 Å². The van der Waals surface area contributed by atoms with Crippen molar-refractivity contribution in [1.29, 1.82) is 0 Å². The van der Waals surface area contributed by atoms with E-state index in [0.29, 0.717) is 0 Å². The van der Waals surface area contributed by atoms with Crippen LogP contribution in [0.3, 0.4) is 0 Å². The monoisotopic (exact) mass is 531 g/mol. The molecule has 3 aromatic rings. The molecule has 1 fully saturated rings. The number of hydrogen-bond donors (Lipinski definition) is 0. The fourth-order valence-electron chi connectivity index (χ4n) is 5.80. The summed E-state index contributed by atoms with van der Waals surface area (Å²) in [5, 5.41) is 2.34. The van der Waals surface area contributed by atoms with Crippen LogP contribution in [0.1, 0.15) is 75.5 Å². The van der Waals surface area contributed by atoms with Crippen LogP contribution in [0.2, 0.25) is 19.6 Å². The Hall–Kier alpha value is -2.63. The molecule has 0 N–H and O–H groups in total. The van der Waals surface area contributed by atoms with E-state index in [-0.39, 0.29) is 25.0 Å². The van der Waals surface area contributed by atoms with E-state index in [4.69, 9.17) is 9.16 Å². The summed E-state index contributed by atoms with van der Waals surface area (Å²) in [5.41, 5.74) is 2.11. The maximum atomic E-state index is 13.9. The van der Waals surface area contributed by atoms with Gasteiger partial charge in [-0.05, 0) is 67.2 Å². The Bertz CT molecular complexity index is 1150. The van der Waals surface area contributed by atoms with E-state index in [1.165, 1.54) is 43.9 Å². The summed E-state index contributed by atoms with van der Waals surface area (Å²) in [5.74, 6) is 0.810. The zero-order chi connectivity index (χ0) is 27.0. The zero-order valence-corrected chi connectivity index (χ0v) is 24.7. The third kappa shape index (κ3) is 7.94. The molecule has 0 spiro atoms. The second kappa shape index (κ2) is 13.4. The van der Waals surface area contributed by atoms with Crippen LogP contribution in [-0.2, 0) is 15.8 Å². The first kappa shape index (κ1) is 28.4. The molecule has 2 atom stereocenters. The summed E-state index contributed by atoms with van der Waals surface area (Å²) in [4.78, 5) is 15.8. The smallest absolute Gasteiger partial charge is 0.412 e. The molecule has 1 saturated carbocycles. The van der Waals surface area contributed by atoms with Crippen LogP contribution in [0, 0.1) is 5.92 Å². The highest BCUT2D eigenvalue weighted by atomic mass is 28.4. The molecule has 3 aromatic carbocycles. The second-order valence-electron chi connectivity index (χ2n) is 11.8. The van der Waals surface area contributed by atoms with Crippen LogP contribution in [-0.4, -0.2) is 25.5 Å². The van der Waals surface area contributed by atoms with Gasteiger partial charge in [-0.3, -0.25) is 4.90 Å². The lowest BCUT2D eigenvalue weighted by Crippen LogP contribution is -2.48. The molecule has 38 heavy (non-hydrogen) atoms. The van der Waals surface area contributed by atoms with Gasteiger partial charge < -0.3 is 9.16 Å². The van der Waals surface area contributed by atoms with Gasteiger partial charge in [0.25, 0.3) is 0 Å². The molecule has 0 aromatic heterocycles. The van der Waals surface area contributed by atoms with Crippen molar-refractivity contribution in [2.45, 2.75) is 96.8 Å². The van der Waals surface area contributed by atoms with Crippen molar-refractivity contribution in [3.63, 3.8) is 0 Å². The number of benzene rings is 3. The van der Waals surface area contributed by atoms with Crippen molar-refractivity contribution in [3.05, 3.63) is 83.9 Å². The fraction of sp³-hybridized carbons (Fsp3) is 0.485. The predicted octanol–water partition coefficient (Wildman–Crippen LogP) is 9.47. The normalized spacial score (nSPS) is 16.2. The van der Waals surface area contributed by atoms with E-state index < -0.39 is 8.32 Å². The lowest BCUT2D eigenvalue weighted by molar-refractivity contribution is -0.0175. The maximum Gasteiger partial charge on any atom is 0.412 e. The number of carbonyl (C=O) groups is 1. The summed E-state index contributed by atoms with van der Waals surface area (Å²) >= 11 is 0. The van der Waals surface area contributed by atoms with E-state index in [0.717, 1.165) is 35.3 Å². The van der Waals surface area contributed by atoms with Crippen molar-refractivity contribution >= 4 is 25.2 Å². The van der Waals surface area contributed by atoms with Crippen LogP contribution in [0.5, 0.6) is 0 Å². The van der Waals surface area contributed by atoms with Gasteiger partial charge in [0.2, 0.25) is 0 Å². The van der Waals surface area contributed by atoms with Crippen LogP contribution < -0.4 is 0 Å². The highest BCUT2D eigenvalue weighted by molar-refractivity contribution is 6.69. The average Bonchev–Trinajstić information content (AvgIpc) is 2.92. The third-order valence-corrected chi connectivity index (χ3v) is 8.67. The van der Waals surface area contributed by atoms with Gasteiger partial charge in [0.15, 0.2) is 8.32 Å². The third-order valence-electron chi connectivity index (χ3n) is 7.69. The molecule has 1 amide bonds. The molecule has 0 bridgehead atoms. The van der Waals surface area contributed by atoms with Gasteiger partial charge in [0.1, 0.15) is 12.8 Å². The van der Waals surface area contributed by atoms with E-state index in [9.17, 15) is 4.79 Å². The Kier molecular flexibility index (Phi) is 10.0. The van der Waals surface area contributed by atoms with Crippen molar-refractivity contribution < 1.29 is 14.0 Å². The van der Waals surface area contributed by atoms with E-state index in [2.05, 4.69) is 69.0 Å². The van der Waals surface area contributed by atoms with E-state index in [1.54, 1.807) is 0 Å². The first-order chi connectivity index (χ1) is 18.3. The van der Waals surface area contributed by atoms with Crippen molar-refractivity contribution in [1.82, 2.24) is 4.90 Å². The number of amides is 1. The summed E-state index contributed by atoms with van der Waals surface area (Å²) < 4.78 is 12.7. The first-order valence-electron chi connectivity index (χ1n) is 14.5. The summed E-state index contributed by atoms with van der Waals surface area (Å²) in [6.45, 7) is 8.99. The standard InChI is InChI=1S/C33H45NO3Si/c1-26(30-23-14-21-29-20-11-12-22-31(29)30)34(33(35)36-25-28-17-9-6-10-18-28)32(37-38(2,3)4)24-13-19-27-15-7-5-8-16-27/h6,9-12,14,17-18,20-23,26-27,32H,5,7-8,13,15-16,19,24-25H2,1-4H3/t26-,32?/m0/s1. The minimum absolute atomic E-state index is 0.194. The summed E-state index contributed by atoms with van der Waals surface area (Å²) in [7, 11) is -1.96. The van der Waals surface area contributed by atoms with Gasteiger partial charge in [-0.15, -0.1) is 0 Å². The fourth-order valence-corrected chi connectivity index (χ4v) is 6.85. The molecule has 204 valence electrons. The number of fused-ring (bicyclic) bond motifs is 1. The van der Waals surface area contributed by atoms with E-state index >= 15 is 0 Å². The van der Waals surface area contributed by atoms with Crippen LogP contribution in [0.15, 0.2) is 72.8 Å². The zero-order valence-electron chi connectivity index (χ0n) is 23.7. The molecule has 1 unspecified atom stereocenters. The number of hydrogen-bond acceptors (Lipinski definition) is 3. The Morgan fingerprint density at radius 3 is 2.34 bits per heavy atom. The van der Waals surface area contributed by atoms with Crippen molar-refractivity contribution in [3.8, 4) is 0 Å². The molecule has 1 aliphatic carbocycles. The number of rotatable bonds is 11. The Morgan fingerprint density at radius 2 is 1.61 bits per heavy atom. The number of ether oxygens (including phenoxy) is 1. The summed E-state index contributed by atoms with van der Waals surface area (Å²) in [6.07, 6.45) is 9.25. The molecule has 4 nitrogen and oxygen atoms in total. The van der Waals surface area contributed by atoms with Gasteiger partial charge in [-0.25, -0.2) is 4.79 Å².